The topological polar surface area (TPSA) is 27.6 Å². The van der Waals surface area contributed by atoms with Crippen LogP contribution >= 0.6 is 8.58 Å². The molecular formula is C30H38N3P. The Bertz CT molecular complexity index is 1130. The molecule has 34 heavy (non-hydrogen) atoms. The van der Waals surface area contributed by atoms with Gasteiger partial charge in [-0.1, -0.05) is 36.9 Å². The maximum absolute atomic E-state index is 4.80. The second-order valence-corrected chi connectivity index (χ2v) is 12.4. The van der Waals surface area contributed by atoms with Crippen molar-refractivity contribution in [1.29, 1.82) is 0 Å². The smallest absolute Gasteiger partial charge is 0.0520 e. The lowest BCUT2D eigenvalue weighted by molar-refractivity contribution is 0.187. The molecule has 2 aromatic carbocycles. The van der Waals surface area contributed by atoms with Crippen LogP contribution in [0.3, 0.4) is 0 Å². The van der Waals surface area contributed by atoms with Crippen LogP contribution in [0.1, 0.15) is 55.2 Å². The lowest BCUT2D eigenvalue weighted by Gasteiger charge is -2.39. The number of fused-ring (bicyclic) bond motifs is 4. The number of piperidine rings is 2. The fraction of sp³-hybridized carbons (Fsp3) is 0.500. The summed E-state index contributed by atoms with van der Waals surface area (Å²) in [5.41, 5.74) is 8.72. The number of aryl methyl sites for hydroxylation is 2. The van der Waals surface area contributed by atoms with E-state index in [0.717, 1.165) is 11.6 Å². The molecule has 4 unspecified atom stereocenters. The van der Waals surface area contributed by atoms with Crippen LogP contribution in [-0.4, -0.2) is 43.1 Å². The summed E-state index contributed by atoms with van der Waals surface area (Å²) in [6.45, 7) is 8.97. The largest absolute Gasteiger partial charge is 0.306 e. The molecule has 3 fully saturated rings. The van der Waals surface area contributed by atoms with Gasteiger partial charge in [-0.05, 0) is 131 Å². The van der Waals surface area contributed by atoms with Crippen molar-refractivity contribution >= 4 is 19.8 Å². The van der Waals surface area contributed by atoms with Gasteiger partial charge in [0.05, 0.1) is 11.7 Å². The van der Waals surface area contributed by atoms with Gasteiger partial charge in [0.25, 0.3) is 0 Å². The van der Waals surface area contributed by atoms with Gasteiger partial charge in [-0.3, -0.25) is 4.99 Å². The number of nitrogens with zero attached hydrogens (tertiary/aromatic N) is 2. The monoisotopic (exact) mass is 471 g/mol. The van der Waals surface area contributed by atoms with Crippen molar-refractivity contribution in [2.45, 2.75) is 69.4 Å². The molecule has 2 aromatic rings. The first-order chi connectivity index (χ1) is 16.5. The molecule has 1 N–H and O–H groups in total. The highest BCUT2D eigenvalue weighted by atomic mass is 31.1. The predicted octanol–water partition coefficient (Wildman–Crippen LogP) is 5.56. The van der Waals surface area contributed by atoms with Crippen molar-refractivity contribution < 1.29 is 0 Å². The third-order valence-corrected chi connectivity index (χ3v) is 10.3. The van der Waals surface area contributed by atoms with Crippen molar-refractivity contribution in [2.24, 2.45) is 10.9 Å². The van der Waals surface area contributed by atoms with E-state index in [1.807, 2.05) is 0 Å². The number of likely N-dealkylation sites (tertiary alicyclic amines) is 1. The summed E-state index contributed by atoms with van der Waals surface area (Å²) in [4.78, 5) is 7.29. The molecule has 2 saturated heterocycles. The van der Waals surface area contributed by atoms with Crippen molar-refractivity contribution in [2.75, 3.05) is 20.1 Å². The molecule has 2 aliphatic heterocycles. The van der Waals surface area contributed by atoms with Crippen LogP contribution in [0, 0.1) is 12.8 Å². The second-order valence-electron chi connectivity index (χ2n) is 11.3. The third-order valence-electron chi connectivity index (χ3n) is 9.24. The van der Waals surface area contributed by atoms with E-state index in [2.05, 4.69) is 73.1 Å². The van der Waals surface area contributed by atoms with Gasteiger partial charge in [0.1, 0.15) is 0 Å². The molecular weight excluding hydrogens is 433 g/mol. The van der Waals surface area contributed by atoms with E-state index in [1.54, 1.807) is 11.1 Å². The van der Waals surface area contributed by atoms with E-state index in [-0.39, 0.29) is 0 Å². The summed E-state index contributed by atoms with van der Waals surface area (Å²) < 4.78 is 0. The van der Waals surface area contributed by atoms with E-state index >= 15 is 0 Å². The zero-order chi connectivity index (χ0) is 23.3. The summed E-state index contributed by atoms with van der Waals surface area (Å²) >= 11 is 0. The Morgan fingerprint density at radius 3 is 2.68 bits per heavy atom. The molecule has 2 heterocycles. The van der Waals surface area contributed by atoms with Gasteiger partial charge in [0.2, 0.25) is 0 Å². The molecule has 0 amide bonds. The number of aliphatic imine (C=N–C) groups is 1. The van der Waals surface area contributed by atoms with Crippen LogP contribution in [0.25, 0.3) is 11.1 Å². The van der Waals surface area contributed by atoms with Crippen molar-refractivity contribution in [3.63, 3.8) is 0 Å². The van der Waals surface area contributed by atoms with Crippen LogP contribution < -0.4 is 10.6 Å². The molecule has 4 aliphatic rings. The molecule has 2 aliphatic carbocycles. The summed E-state index contributed by atoms with van der Waals surface area (Å²) in [5.74, 6) is 2.86. The molecule has 0 radical (unpaired) electrons. The van der Waals surface area contributed by atoms with Crippen LogP contribution in [0.5, 0.6) is 0 Å². The zero-order valence-corrected chi connectivity index (χ0v) is 21.7. The Kier molecular flexibility index (Phi) is 6.00. The van der Waals surface area contributed by atoms with Crippen molar-refractivity contribution in [3.05, 3.63) is 65.4 Å². The number of hydrogen-bond acceptors (Lipinski definition) is 3. The number of benzene rings is 2. The normalized spacial score (nSPS) is 28.0. The molecule has 3 nitrogen and oxygen atoms in total. The standard InChI is InChI=1S/C30H38N3P/c1-20-4-5-24(18-28(20)34-19-31-21(2)29-25-8-9-26(16-25)32-29)23-7-6-22-10-11-30(27(22)17-23)12-14-33(3)15-13-30/h4-7,17-19,25-26,29,32,34H,2,8-16H2,1,3H3. The van der Waals surface area contributed by atoms with Crippen LogP contribution in [0.4, 0.5) is 0 Å². The molecule has 1 saturated carbocycles. The number of rotatable bonds is 5. The molecule has 6 rings (SSSR count). The van der Waals surface area contributed by atoms with Crippen molar-refractivity contribution in [3.8, 4) is 11.1 Å². The molecule has 178 valence electrons. The summed E-state index contributed by atoms with van der Waals surface area (Å²) in [6, 6.07) is 15.4. The Morgan fingerprint density at radius 1 is 1.12 bits per heavy atom. The quantitative estimate of drug-likeness (QED) is 0.457. The highest BCUT2D eigenvalue weighted by Gasteiger charge is 2.41. The number of nitrogens with one attached hydrogen (secondary N) is 1. The average molecular weight is 472 g/mol. The Hall–Kier alpha value is -1.80. The van der Waals surface area contributed by atoms with Gasteiger partial charge in [-0.25, -0.2) is 0 Å². The minimum Gasteiger partial charge on any atom is -0.306 e. The van der Waals surface area contributed by atoms with E-state index < -0.39 is 0 Å². The van der Waals surface area contributed by atoms with Gasteiger partial charge < -0.3 is 10.2 Å². The summed E-state index contributed by atoms with van der Waals surface area (Å²) in [7, 11) is 2.84. The molecule has 4 atom stereocenters. The van der Waals surface area contributed by atoms with E-state index in [0.29, 0.717) is 26.1 Å². The minimum atomic E-state index is 0.394. The predicted molar refractivity (Wildman–Crippen MR) is 147 cm³/mol. The first kappa shape index (κ1) is 22.7. The average Bonchev–Trinajstić information content (AvgIpc) is 3.57. The van der Waals surface area contributed by atoms with Gasteiger partial charge in [-0.2, -0.15) is 0 Å². The summed E-state index contributed by atoms with van der Waals surface area (Å²) in [6.07, 6.45) is 9.15. The molecule has 4 heteroatoms. The molecule has 0 aromatic heterocycles. The fourth-order valence-corrected chi connectivity index (χ4v) is 7.91. The minimum absolute atomic E-state index is 0.394. The van der Waals surface area contributed by atoms with Crippen molar-refractivity contribution in [1.82, 2.24) is 10.2 Å². The van der Waals surface area contributed by atoms with Gasteiger partial charge in [0, 0.05) is 12.0 Å². The van der Waals surface area contributed by atoms with E-state index in [1.165, 1.54) is 80.0 Å². The maximum Gasteiger partial charge on any atom is 0.0520 e. The Labute approximate surface area is 206 Å². The van der Waals surface area contributed by atoms with Crippen LogP contribution in [0.15, 0.2) is 53.7 Å². The lowest BCUT2D eigenvalue weighted by Crippen LogP contribution is -2.39. The Balaban J connectivity index is 1.20. The van der Waals surface area contributed by atoms with Gasteiger partial charge in [-0.15, -0.1) is 0 Å². The number of hydrogen-bond donors (Lipinski definition) is 1. The lowest BCUT2D eigenvalue weighted by atomic mass is 9.73. The Morgan fingerprint density at radius 2 is 1.91 bits per heavy atom. The SMILES string of the molecule is C=C(N=CPc1cc(-c2ccc3c(c2)C2(CC3)CCN(C)CC2)ccc1C)C1NC2CCC1C2. The van der Waals surface area contributed by atoms with E-state index in [9.17, 15) is 0 Å². The molecule has 2 bridgehead atoms. The zero-order valence-electron chi connectivity index (χ0n) is 20.7. The highest BCUT2D eigenvalue weighted by Crippen LogP contribution is 2.47. The fourth-order valence-electron chi connectivity index (χ4n) is 6.99. The van der Waals surface area contributed by atoms with Crippen LogP contribution in [-0.2, 0) is 11.8 Å². The second kappa shape index (κ2) is 9.01. The van der Waals surface area contributed by atoms with Crippen LogP contribution in [0.2, 0.25) is 0 Å². The first-order valence-corrected chi connectivity index (χ1v) is 14.3. The third kappa shape index (κ3) is 4.11. The first-order valence-electron chi connectivity index (χ1n) is 13.2. The van der Waals surface area contributed by atoms with E-state index in [4.69, 9.17) is 4.99 Å². The van der Waals surface area contributed by atoms with Gasteiger partial charge in [0.15, 0.2) is 0 Å². The molecule has 1 spiro atoms. The summed E-state index contributed by atoms with van der Waals surface area (Å²) in [5, 5.41) is 5.11. The maximum atomic E-state index is 4.80. The van der Waals surface area contributed by atoms with Gasteiger partial charge >= 0.3 is 0 Å². The highest BCUT2D eigenvalue weighted by molar-refractivity contribution is 7.63.